The number of carbonyl (C=O) groups excluding carboxylic acids is 7. The number of cyclic esters (lactones) is 1. The summed E-state index contributed by atoms with van der Waals surface area (Å²) in [7, 11) is 3.04. The number of nitrogens with one attached hydrogen (secondary N) is 4. The van der Waals surface area contributed by atoms with E-state index < -0.39 is 76.1 Å². The van der Waals surface area contributed by atoms with E-state index >= 15 is 0 Å². The van der Waals surface area contributed by atoms with Gasteiger partial charge in [-0.2, -0.15) is 0 Å². The average molecular weight is 1070 g/mol. The highest BCUT2D eigenvalue weighted by atomic mass is 32.2. The standard InChI is InChI=1S/C52H63N9O14S/c1-7-31-32-22-30(15-16-36(32)56-42-33(31)24-61-38(42)23-35-34(46(61)65)26-73-48(68)52(35,72)8-2)75-51(71)60(6)21-20-59(5)50(70)74-25-28-11-13-29(14-12-28)55-43(62)37(10-9-19-54-49(53)69)57-45(64)41(27(3)4)58-44(63)39-17-18-40(76-39)47(66)67/h11-16,22-23,27,37,39-41,72H,7-10,17-21,24-26H2,1-6H3,(H,55,62)(H,57,64)(H,58,63)(H,66,67)(H3,53,54,69)/t37-,39?,40?,41-,52-/m0/s1. The second-order valence-corrected chi connectivity index (χ2v) is 20.7. The summed E-state index contributed by atoms with van der Waals surface area (Å²) in [5, 5.41) is 30.6. The molecule has 5 atom stereocenters. The van der Waals surface area contributed by atoms with Gasteiger partial charge in [0.2, 0.25) is 17.7 Å². The molecule has 5 heterocycles. The Morgan fingerprint density at radius 2 is 1.63 bits per heavy atom. The van der Waals surface area contributed by atoms with Crippen LogP contribution in [-0.2, 0) is 65.2 Å². The number of fused-ring (bicyclic) bond motifs is 5. The number of nitrogens with two attached hydrogens (primary N) is 1. The Hall–Kier alpha value is -7.73. The van der Waals surface area contributed by atoms with Crippen molar-refractivity contribution in [3.05, 3.63) is 86.7 Å². The number of likely N-dealkylation sites (N-methyl/N-ethyl adjacent to an activating group) is 2. The van der Waals surface area contributed by atoms with Gasteiger partial charge in [-0.1, -0.05) is 39.8 Å². The van der Waals surface area contributed by atoms with E-state index in [1.54, 1.807) is 73.9 Å². The van der Waals surface area contributed by atoms with Gasteiger partial charge < -0.3 is 65.8 Å². The van der Waals surface area contributed by atoms with Crippen molar-refractivity contribution in [3.63, 3.8) is 0 Å². The van der Waals surface area contributed by atoms with Crippen LogP contribution in [0.15, 0.2) is 53.3 Å². The molecule has 0 saturated carbocycles. The van der Waals surface area contributed by atoms with Gasteiger partial charge >= 0.3 is 30.2 Å². The van der Waals surface area contributed by atoms with Crippen LogP contribution in [0.3, 0.4) is 0 Å². The first kappa shape index (κ1) is 56.0. The Morgan fingerprint density at radius 3 is 2.28 bits per heavy atom. The lowest BCUT2D eigenvalue weighted by atomic mass is 9.86. The number of hydrogen-bond acceptors (Lipinski definition) is 15. The number of pyridine rings is 2. The van der Waals surface area contributed by atoms with Crippen molar-refractivity contribution in [1.29, 1.82) is 0 Å². The molecule has 1 fully saturated rings. The number of amides is 7. The molecule has 2 aromatic carbocycles. The second kappa shape index (κ2) is 23.9. The van der Waals surface area contributed by atoms with Gasteiger partial charge in [0.1, 0.15) is 36.3 Å². The zero-order chi connectivity index (χ0) is 55.2. The summed E-state index contributed by atoms with van der Waals surface area (Å²) in [6.07, 6.45) is 0.269. The third kappa shape index (κ3) is 12.3. The molecule has 24 heteroatoms. The maximum Gasteiger partial charge on any atom is 0.415 e. The maximum absolute atomic E-state index is 13.7. The number of ether oxygens (including phenoxy) is 3. The van der Waals surface area contributed by atoms with Crippen LogP contribution in [0.2, 0.25) is 0 Å². The number of aryl methyl sites for hydroxylation is 1. The van der Waals surface area contributed by atoms with Crippen molar-refractivity contribution in [3.8, 4) is 17.1 Å². The SMILES string of the molecule is CCc1c2c(nc3ccc(OC(=O)N(C)CCN(C)C(=O)OCc4ccc(NC(=O)[C@H](CCCNC(N)=O)NC(=O)[C@@H](NC(=O)C5CCC(C(=O)O)S5)C(C)C)cc4)cc13)-c1cc3c(c(=O)n1C2)COC(=O)[C@]3(O)CC. The number of primary amides is 1. The lowest BCUT2D eigenvalue weighted by Gasteiger charge is -2.31. The molecule has 23 nitrogen and oxygen atoms in total. The monoisotopic (exact) mass is 1070 g/mol. The molecular formula is C52H63N9O14S. The van der Waals surface area contributed by atoms with E-state index in [-0.39, 0.29) is 87.0 Å². The van der Waals surface area contributed by atoms with Crippen LogP contribution in [0.4, 0.5) is 20.1 Å². The Labute approximate surface area is 441 Å². The predicted molar refractivity (Wildman–Crippen MR) is 278 cm³/mol. The van der Waals surface area contributed by atoms with Crippen LogP contribution >= 0.6 is 11.8 Å². The summed E-state index contributed by atoms with van der Waals surface area (Å²) < 4.78 is 18.0. The van der Waals surface area contributed by atoms with Crippen molar-refractivity contribution < 1.29 is 62.8 Å². The van der Waals surface area contributed by atoms with E-state index in [4.69, 9.17) is 24.9 Å². The number of aliphatic carboxylic acids is 1. The van der Waals surface area contributed by atoms with Crippen molar-refractivity contribution in [2.24, 2.45) is 11.7 Å². The van der Waals surface area contributed by atoms with Crippen LogP contribution in [0, 0.1) is 5.92 Å². The number of carboxylic acids is 1. The molecule has 3 aliphatic rings. The third-order valence-electron chi connectivity index (χ3n) is 13.7. The number of benzene rings is 2. The number of aliphatic hydroxyl groups is 1. The van der Waals surface area contributed by atoms with E-state index in [9.17, 15) is 53.4 Å². The van der Waals surface area contributed by atoms with Crippen LogP contribution in [0.5, 0.6) is 5.75 Å². The molecule has 76 heavy (non-hydrogen) atoms. The number of rotatable bonds is 20. The number of nitrogens with zero attached hydrogens (tertiary/aromatic N) is 4. The third-order valence-corrected chi connectivity index (χ3v) is 15.3. The predicted octanol–water partition coefficient (Wildman–Crippen LogP) is 3.70. The Morgan fingerprint density at radius 1 is 0.934 bits per heavy atom. The topological polar surface area (TPSA) is 320 Å². The first-order valence-electron chi connectivity index (χ1n) is 25.0. The van der Waals surface area contributed by atoms with Crippen LogP contribution < -0.4 is 37.3 Å². The maximum atomic E-state index is 13.7. The highest BCUT2D eigenvalue weighted by Gasteiger charge is 2.46. The molecule has 0 spiro atoms. The zero-order valence-electron chi connectivity index (χ0n) is 43.1. The molecule has 0 bridgehead atoms. The molecule has 8 N–H and O–H groups in total. The molecule has 1 saturated heterocycles. The summed E-state index contributed by atoms with van der Waals surface area (Å²) in [6, 6.07) is 10.3. The number of urea groups is 1. The largest absolute Gasteiger partial charge is 0.480 e. The molecule has 0 radical (unpaired) electrons. The van der Waals surface area contributed by atoms with Crippen LogP contribution in [0.1, 0.15) is 87.6 Å². The quantitative estimate of drug-likeness (QED) is 0.0432. The van der Waals surface area contributed by atoms with Crippen molar-refractivity contribution in [2.75, 3.05) is 39.0 Å². The minimum Gasteiger partial charge on any atom is -0.480 e. The molecule has 406 valence electrons. The van der Waals surface area contributed by atoms with Crippen molar-refractivity contribution in [1.82, 2.24) is 35.3 Å². The van der Waals surface area contributed by atoms with Gasteiger partial charge in [0.25, 0.3) is 5.56 Å². The number of carbonyl (C=O) groups is 8. The lowest BCUT2D eigenvalue weighted by Crippen LogP contribution is -2.55. The summed E-state index contributed by atoms with van der Waals surface area (Å²) >= 11 is 1.03. The molecule has 3 aliphatic heterocycles. The van der Waals surface area contributed by atoms with Gasteiger partial charge in [0, 0.05) is 55.9 Å². The number of carboxylic acid groups (broad SMARTS) is 1. The van der Waals surface area contributed by atoms with Gasteiger partial charge in [-0.05, 0) is 92.0 Å². The van der Waals surface area contributed by atoms with E-state index in [1.807, 2.05) is 6.92 Å². The molecule has 2 aromatic heterocycles. The molecule has 7 amide bonds. The smallest absolute Gasteiger partial charge is 0.415 e. The fraction of sp³-hybridized carbons (Fsp3) is 0.462. The normalized spacial score (nSPS) is 18.0. The van der Waals surface area contributed by atoms with Crippen LogP contribution in [-0.4, -0.2) is 134 Å². The molecule has 0 aliphatic carbocycles. The highest BCUT2D eigenvalue weighted by Crippen LogP contribution is 2.41. The second-order valence-electron chi connectivity index (χ2n) is 19.3. The minimum atomic E-state index is -1.95. The summed E-state index contributed by atoms with van der Waals surface area (Å²) in [5.74, 6) is -3.60. The van der Waals surface area contributed by atoms with Crippen molar-refractivity contribution in [2.45, 2.75) is 114 Å². The number of esters is 1. The van der Waals surface area contributed by atoms with Gasteiger partial charge in [0.15, 0.2) is 5.60 Å². The van der Waals surface area contributed by atoms with E-state index in [1.165, 1.54) is 23.9 Å². The van der Waals surface area contributed by atoms with Gasteiger partial charge in [-0.15, -0.1) is 11.8 Å². The highest BCUT2D eigenvalue weighted by molar-refractivity contribution is 8.02. The first-order chi connectivity index (χ1) is 36.1. The number of thioether (sulfide) groups is 1. The summed E-state index contributed by atoms with van der Waals surface area (Å²) in [5.41, 5.74) is 7.62. The molecule has 4 aromatic rings. The summed E-state index contributed by atoms with van der Waals surface area (Å²) in [4.78, 5) is 123. The van der Waals surface area contributed by atoms with Crippen LogP contribution in [0.25, 0.3) is 22.3 Å². The first-order valence-corrected chi connectivity index (χ1v) is 25.9. The Balaban J connectivity index is 0.901. The van der Waals surface area contributed by atoms with E-state index in [2.05, 4.69) is 21.3 Å². The van der Waals surface area contributed by atoms with E-state index in [0.717, 1.165) is 28.3 Å². The average Bonchev–Trinajstić information content (AvgIpc) is 4.06. The lowest BCUT2D eigenvalue weighted by molar-refractivity contribution is -0.172. The fourth-order valence-corrected chi connectivity index (χ4v) is 10.5. The fourth-order valence-electron chi connectivity index (χ4n) is 9.28. The number of hydrogen-bond donors (Lipinski definition) is 7. The molecular weight excluding hydrogens is 1010 g/mol. The number of anilines is 1. The number of aromatic nitrogens is 2. The molecule has 2 unspecified atom stereocenters. The van der Waals surface area contributed by atoms with Crippen molar-refractivity contribution >= 4 is 76.2 Å². The van der Waals surface area contributed by atoms with E-state index in [0.29, 0.717) is 47.4 Å². The van der Waals surface area contributed by atoms with Gasteiger partial charge in [-0.3, -0.25) is 24.0 Å². The van der Waals surface area contributed by atoms with Gasteiger partial charge in [-0.25, -0.2) is 24.2 Å². The zero-order valence-corrected chi connectivity index (χ0v) is 43.9. The minimum absolute atomic E-state index is 0.0251. The molecule has 7 rings (SSSR count). The summed E-state index contributed by atoms with van der Waals surface area (Å²) in [6.45, 7) is 7.24. The Bertz CT molecular complexity index is 3000. The Kier molecular flexibility index (Phi) is 17.6. The van der Waals surface area contributed by atoms with Gasteiger partial charge in [0.05, 0.1) is 34.3 Å².